The van der Waals surface area contributed by atoms with Crippen molar-refractivity contribution in [1.82, 2.24) is 29.1 Å². The Hall–Kier alpha value is -7.32. The minimum absolute atomic E-state index is 0.380. The number of hydrogen-bond acceptors (Lipinski definition) is 6. The van der Waals surface area contributed by atoms with Gasteiger partial charge in [-0.3, -0.25) is 9.13 Å². The third-order valence-electron chi connectivity index (χ3n) is 9.10. The number of rotatable bonds is 7. The van der Waals surface area contributed by atoms with Crippen LogP contribution in [0.3, 0.4) is 0 Å². The van der Waals surface area contributed by atoms with Gasteiger partial charge in [0.1, 0.15) is 34.6 Å². The quantitative estimate of drug-likeness (QED) is 0.167. The Balaban J connectivity index is 1.07. The molecule has 0 spiro atoms. The molecule has 0 bridgehead atoms. The molecule has 0 aliphatic carbocycles. The molecule has 52 heavy (non-hydrogen) atoms. The van der Waals surface area contributed by atoms with Crippen molar-refractivity contribution in [3.8, 4) is 46.0 Å². The van der Waals surface area contributed by atoms with E-state index in [1.54, 1.807) is 55.1 Å². The Bertz CT molecular complexity index is 2870. The lowest BCUT2D eigenvalue weighted by Crippen LogP contribution is -1.97. The van der Waals surface area contributed by atoms with Crippen molar-refractivity contribution in [2.24, 2.45) is 0 Å². The van der Waals surface area contributed by atoms with Crippen LogP contribution in [0.4, 0.5) is 0 Å². The molecular weight excluding hydrogens is 645 g/mol. The van der Waals surface area contributed by atoms with Gasteiger partial charge < -0.3 is 9.47 Å². The van der Waals surface area contributed by atoms with Crippen LogP contribution >= 0.6 is 0 Å². The fourth-order valence-electron chi connectivity index (χ4n) is 6.94. The van der Waals surface area contributed by atoms with Crippen LogP contribution in [-0.2, 0) is 0 Å². The summed E-state index contributed by atoms with van der Waals surface area (Å²) in [6, 6.07) is 43.4. The Morgan fingerprint density at radius 3 is 1.40 bits per heavy atom. The maximum Gasteiger partial charge on any atom is 0.159 e. The van der Waals surface area contributed by atoms with Crippen LogP contribution in [0.1, 0.15) is 2.74 Å². The number of ether oxygens (including phenoxy) is 2. The number of aromatic nitrogens is 6. The van der Waals surface area contributed by atoms with Crippen LogP contribution in [0.2, 0.25) is 0 Å². The third kappa shape index (κ3) is 5.09. The number of benzene rings is 5. The Labute approximate surface area is 300 Å². The topological polar surface area (TPSA) is 79.9 Å². The molecule has 0 saturated heterocycles. The van der Waals surface area contributed by atoms with Crippen molar-refractivity contribution < 1.29 is 12.2 Å². The average Bonchev–Trinajstić information content (AvgIpc) is 3.70. The molecule has 0 saturated carbocycles. The van der Waals surface area contributed by atoms with E-state index in [1.807, 2.05) is 66.7 Å². The highest BCUT2D eigenvalue weighted by molar-refractivity contribution is 6.10. The van der Waals surface area contributed by atoms with E-state index in [0.29, 0.717) is 52.5 Å². The normalized spacial score (nSPS) is 12.0. The molecule has 0 atom stereocenters. The van der Waals surface area contributed by atoms with Crippen molar-refractivity contribution in [2.75, 3.05) is 0 Å². The number of hydrogen-bond donors (Lipinski definition) is 0. The first-order valence-corrected chi connectivity index (χ1v) is 16.8. The van der Waals surface area contributed by atoms with Crippen molar-refractivity contribution >= 4 is 43.6 Å². The molecule has 0 fully saturated rings. The van der Waals surface area contributed by atoms with Gasteiger partial charge >= 0.3 is 0 Å². The van der Waals surface area contributed by atoms with E-state index in [0.717, 1.165) is 49.2 Å². The molecule has 0 N–H and O–H groups in total. The van der Waals surface area contributed by atoms with Crippen LogP contribution < -0.4 is 9.47 Å². The number of fused-ring (bicyclic) bond motifs is 6. The van der Waals surface area contributed by atoms with Gasteiger partial charge in [0.05, 0.1) is 24.8 Å². The summed E-state index contributed by atoms with van der Waals surface area (Å²) in [5.41, 5.74) is 4.50. The zero-order valence-corrected chi connectivity index (χ0v) is 27.5. The first kappa shape index (κ1) is 27.5. The maximum atomic E-state index is 8.25. The van der Waals surface area contributed by atoms with E-state index in [4.69, 9.17) is 12.2 Å². The van der Waals surface area contributed by atoms with Crippen molar-refractivity contribution in [2.45, 2.75) is 0 Å². The standard InChI is InChI=1S/C44H28N6O2/c1-3-12-38-34(10-1)36-18-16-30(27-40(36)49(38)42-14-5-7-20-45-42)51-32-24-29(44-47-22-9-23-48-44)25-33(26-32)52-31-17-19-37-35-11-2-4-13-39(35)50(41(37)28-31)43-15-6-8-21-46-43/h1-28H/i5D,6D. The van der Waals surface area contributed by atoms with Crippen LogP contribution in [-0.4, -0.2) is 29.1 Å². The van der Waals surface area contributed by atoms with Crippen LogP contribution in [0, 0.1) is 0 Å². The second-order valence-electron chi connectivity index (χ2n) is 12.3. The van der Waals surface area contributed by atoms with Crippen LogP contribution in [0.25, 0.3) is 66.6 Å². The molecule has 0 radical (unpaired) electrons. The van der Waals surface area contributed by atoms with E-state index in [9.17, 15) is 0 Å². The van der Waals surface area contributed by atoms with E-state index in [-0.39, 0.29) is 0 Å². The molecule has 5 aromatic carbocycles. The van der Waals surface area contributed by atoms with Gasteiger partial charge in [-0.25, -0.2) is 19.9 Å². The monoisotopic (exact) mass is 674 g/mol. The third-order valence-corrected chi connectivity index (χ3v) is 9.10. The molecule has 246 valence electrons. The second kappa shape index (κ2) is 12.2. The van der Waals surface area contributed by atoms with Gasteiger partial charge in [-0.15, -0.1) is 0 Å². The van der Waals surface area contributed by atoms with E-state index in [1.165, 1.54) is 0 Å². The number of pyridine rings is 2. The highest BCUT2D eigenvalue weighted by atomic mass is 16.5. The zero-order valence-electron chi connectivity index (χ0n) is 29.5. The molecule has 5 heterocycles. The summed E-state index contributed by atoms with van der Waals surface area (Å²) < 4.78 is 33.8. The van der Waals surface area contributed by atoms with Gasteiger partial charge in [0.2, 0.25) is 0 Å². The minimum atomic E-state index is 0.380. The molecule has 0 amide bonds. The van der Waals surface area contributed by atoms with Crippen LogP contribution in [0.5, 0.6) is 23.0 Å². The van der Waals surface area contributed by atoms with Crippen LogP contribution in [0.15, 0.2) is 170 Å². The summed E-state index contributed by atoms with van der Waals surface area (Å²) in [5.74, 6) is 4.14. The largest absolute Gasteiger partial charge is 0.457 e. The number of para-hydroxylation sites is 2. The molecule has 10 aromatic rings. The highest BCUT2D eigenvalue weighted by Crippen LogP contribution is 2.39. The Morgan fingerprint density at radius 2 is 0.885 bits per heavy atom. The molecule has 8 nitrogen and oxygen atoms in total. The smallest absolute Gasteiger partial charge is 0.159 e. The van der Waals surface area contributed by atoms with Crippen molar-refractivity contribution in [3.05, 3.63) is 170 Å². The van der Waals surface area contributed by atoms with E-state index in [2.05, 4.69) is 65.5 Å². The highest BCUT2D eigenvalue weighted by Gasteiger charge is 2.17. The summed E-state index contributed by atoms with van der Waals surface area (Å²) in [4.78, 5) is 18.2. The summed E-state index contributed by atoms with van der Waals surface area (Å²) >= 11 is 0. The number of nitrogens with zero attached hydrogens (tertiary/aromatic N) is 6. The summed E-state index contributed by atoms with van der Waals surface area (Å²) in [5, 5.41) is 4.25. The van der Waals surface area contributed by atoms with E-state index >= 15 is 0 Å². The maximum absolute atomic E-state index is 8.25. The molecule has 5 aromatic heterocycles. The van der Waals surface area contributed by atoms with Gasteiger partial charge in [0, 0.05) is 70.1 Å². The first-order valence-electron chi connectivity index (χ1n) is 17.8. The van der Waals surface area contributed by atoms with Gasteiger partial charge in [-0.2, -0.15) is 0 Å². The minimum Gasteiger partial charge on any atom is -0.457 e. The first-order chi connectivity index (χ1) is 26.6. The fraction of sp³-hybridized carbons (Fsp3) is 0. The van der Waals surface area contributed by atoms with Gasteiger partial charge in [0.25, 0.3) is 0 Å². The molecule has 8 heteroatoms. The summed E-state index contributed by atoms with van der Waals surface area (Å²) in [6.45, 7) is 0. The fourth-order valence-corrected chi connectivity index (χ4v) is 6.94. The predicted octanol–water partition coefficient (Wildman–Crippen LogP) is 10.7. The average molecular weight is 675 g/mol. The van der Waals surface area contributed by atoms with Gasteiger partial charge in [-0.1, -0.05) is 48.5 Å². The molecule has 0 aliphatic heterocycles. The Kier molecular flexibility index (Phi) is 6.46. The van der Waals surface area contributed by atoms with Gasteiger partial charge in [-0.05, 0) is 78.9 Å². The zero-order chi connectivity index (χ0) is 36.2. The Morgan fingerprint density at radius 1 is 0.404 bits per heavy atom. The predicted molar refractivity (Wildman–Crippen MR) is 205 cm³/mol. The lowest BCUT2D eigenvalue weighted by molar-refractivity contribution is 0.461. The second-order valence-corrected chi connectivity index (χ2v) is 12.3. The summed E-state index contributed by atoms with van der Waals surface area (Å²) in [7, 11) is 0. The molecule has 0 unspecified atom stereocenters. The van der Waals surface area contributed by atoms with Crippen molar-refractivity contribution in [3.63, 3.8) is 0 Å². The summed E-state index contributed by atoms with van der Waals surface area (Å²) in [6.07, 6.45) is 6.71. The SMILES string of the molecule is [2H]c1ccnc(-n2c3ccccc3c3ccc(Oc4cc(Oc5ccc6c7ccccc7n(-c7cc([2H])ccn7)c6c5)cc(-c5ncccn5)c4)cc32)c1. The van der Waals surface area contributed by atoms with Crippen molar-refractivity contribution in [1.29, 1.82) is 0 Å². The lowest BCUT2D eigenvalue weighted by Gasteiger charge is -2.13. The molecular formula is C44H28N6O2. The molecule has 0 aliphatic rings. The lowest BCUT2D eigenvalue weighted by atomic mass is 10.1. The molecule has 10 rings (SSSR count). The van der Waals surface area contributed by atoms with Gasteiger partial charge in [0.15, 0.2) is 5.82 Å². The van der Waals surface area contributed by atoms with E-state index < -0.39 is 0 Å².